The van der Waals surface area contributed by atoms with Crippen molar-refractivity contribution < 1.29 is 4.79 Å². The van der Waals surface area contributed by atoms with Gasteiger partial charge in [-0.1, -0.05) is 17.7 Å². The number of carbonyl (C=O) groups excluding carboxylic acids is 1. The number of hydrogen-bond donors (Lipinski definition) is 0. The molecule has 0 heterocycles. The molecule has 0 aromatic heterocycles. The summed E-state index contributed by atoms with van der Waals surface area (Å²) in [7, 11) is 0. The molecule has 0 unspecified atom stereocenters. The van der Waals surface area contributed by atoms with E-state index in [0.29, 0.717) is 5.56 Å². The third kappa shape index (κ3) is 4.02. The average molecular weight is 270 g/mol. The minimum absolute atomic E-state index is 0.432. The van der Waals surface area contributed by atoms with Crippen LogP contribution in [0.3, 0.4) is 0 Å². The highest BCUT2D eigenvalue weighted by atomic mass is 36.0. The van der Waals surface area contributed by atoms with Crippen LogP contribution >= 0.6 is 38.8 Å². The molecule has 76 valence electrons. The molecule has 0 bridgehead atoms. The first-order valence-electron chi connectivity index (χ1n) is 3.71. The van der Waals surface area contributed by atoms with E-state index >= 15 is 0 Å². The standard InChI is InChI=1S/C8H7Cl3NOP/c1-6-2-4-7(5-3-6)8(13)12-14(9,10)11/h2-5H,1H3. The summed E-state index contributed by atoms with van der Waals surface area (Å²) in [5.74, 6) is -0.488. The number of rotatable bonds is 1. The van der Waals surface area contributed by atoms with E-state index < -0.39 is 11.0 Å². The van der Waals surface area contributed by atoms with E-state index in [1.807, 2.05) is 6.92 Å². The molecule has 1 amide bonds. The van der Waals surface area contributed by atoms with Crippen molar-refractivity contribution in [1.82, 2.24) is 0 Å². The molecule has 0 spiro atoms. The SMILES string of the molecule is Cc1ccc(C(=O)N=P(Cl)(Cl)Cl)cc1. The molecule has 0 N–H and O–H groups in total. The highest BCUT2D eigenvalue weighted by Crippen LogP contribution is 2.65. The third-order valence-corrected chi connectivity index (χ3v) is 2.59. The first kappa shape index (κ1) is 12.1. The second-order valence-electron chi connectivity index (χ2n) is 2.69. The molecule has 0 saturated carbocycles. The van der Waals surface area contributed by atoms with Gasteiger partial charge in [-0.15, -0.1) is 0 Å². The summed E-state index contributed by atoms with van der Waals surface area (Å²) in [6.45, 7) is 1.92. The van der Waals surface area contributed by atoms with E-state index in [-0.39, 0.29) is 0 Å². The lowest BCUT2D eigenvalue weighted by atomic mass is 10.1. The van der Waals surface area contributed by atoms with Crippen molar-refractivity contribution in [1.29, 1.82) is 0 Å². The second kappa shape index (κ2) is 4.67. The molecule has 0 atom stereocenters. The van der Waals surface area contributed by atoms with Crippen molar-refractivity contribution in [2.24, 2.45) is 4.74 Å². The van der Waals surface area contributed by atoms with E-state index in [0.717, 1.165) is 5.56 Å². The summed E-state index contributed by atoms with van der Waals surface area (Å²) in [6.07, 6.45) is 0. The van der Waals surface area contributed by atoms with Gasteiger partial charge < -0.3 is 0 Å². The number of aryl methyl sites for hydroxylation is 1. The maximum absolute atomic E-state index is 11.4. The number of hydrogen-bond acceptors (Lipinski definition) is 1. The molecule has 14 heavy (non-hydrogen) atoms. The Bertz CT molecular complexity index is 387. The Hall–Kier alpha value is -0.0100. The first-order valence-corrected chi connectivity index (χ1v) is 8.16. The number of carbonyl (C=O) groups is 1. The van der Waals surface area contributed by atoms with E-state index in [1.165, 1.54) is 0 Å². The van der Waals surface area contributed by atoms with Crippen molar-refractivity contribution in [3.05, 3.63) is 35.4 Å². The minimum Gasteiger partial charge on any atom is -0.267 e. The molecule has 1 rings (SSSR count). The van der Waals surface area contributed by atoms with E-state index in [9.17, 15) is 4.79 Å². The molecular weight excluding hydrogens is 263 g/mol. The zero-order valence-electron chi connectivity index (χ0n) is 7.25. The zero-order valence-corrected chi connectivity index (χ0v) is 10.4. The Morgan fingerprint density at radius 1 is 1.21 bits per heavy atom. The largest absolute Gasteiger partial charge is 0.278 e. The monoisotopic (exact) mass is 269 g/mol. The number of nitrogens with zero attached hydrogens (tertiary/aromatic N) is 1. The molecule has 1 aromatic carbocycles. The maximum atomic E-state index is 11.4. The summed E-state index contributed by atoms with van der Waals surface area (Å²) in [6, 6.07) is 6.92. The van der Waals surface area contributed by atoms with E-state index in [1.54, 1.807) is 24.3 Å². The van der Waals surface area contributed by atoms with Crippen LogP contribution in [0, 0.1) is 6.92 Å². The lowest BCUT2D eigenvalue weighted by Gasteiger charge is -1.98. The van der Waals surface area contributed by atoms with Gasteiger partial charge in [0.2, 0.25) is 5.11 Å². The summed E-state index contributed by atoms with van der Waals surface area (Å²) >= 11 is 16.4. The van der Waals surface area contributed by atoms with Crippen LogP contribution in [0.4, 0.5) is 0 Å². The van der Waals surface area contributed by atoms with Crippen molar-refractivity contribution in [3.8, 4) is 0 Å². The van der Waals surface area contributed by atoms with Crippen LogP contribution in [0.15, 0.2) is 29.0 Å². The minimum atomic E-state index is -2.96. The molecule has 1 aromatic rings. The molecular formula is C8H7Cl3NOP. The quantitative estimate of drug-likeness (QED) is 0.674. The fourth-order valence-corrected chi connectivity index (χ4v) is 1.80. The lowest BCUT2D eigenvalue weighted by molar-refractivity contribution is 0.100. The topological polar surface area (TPSA) is 29.4 Å². The van der Waals surface area contributed by atoms with Gasteiger partial charge in [-0.25, -0.2) is 0 Å². The Morgan fingerprint density at radius 2 is 1.71 bits per heavy atom. The smallest absolute Gasteiger partial charge is 0.267 e. The average Bonchev–Trinajstić information content (AvgIpc) is 2.02. The third-order valence-electron chi connectivity index (χ3n) is 1.50. The second-order valence-corrected chi connectivity index (χ2v) is 9.69. The Kier molecular flexibility index (Phi) is 4.03. The Morgan fingerprint density at radius 3 is 2.14 bits per heavy atom. The molecule has 2 nitrogen and oxygen atoms in total. The fourth-order valence-electron chi connectivity index (χ4n) is 0.857. The predicted octanol–water partition coefficient (Wildman–Crippen LogP) is 4.80. The molecule has 0 aliphatic carbocycles. The van der Waals surface area contributed by atoms with E-state index in [2.05, 4.69) is 4.74 Å². The van der Waals surface area contributed by atoms with Gasteiger partial charge in [0.15, 0.2) is 0 Å². The predicted molar refractivity (Wildman–Crippen MR) is 62.4 cm³/mol. The highest BCUT2D eigenvalue weighted by molar-refractivity contribution is 8.26. The van der Waals surface area contributed by atoms with Crippen LogP contribution in [0.5, 0.6) is 0 Å². The van der Waals surface area contributed by atoms with Gasteiger partial charge in [0, 0.05) is 5.56 Å². The van der Waals surface area contributed by atoms with Gasteiger partial charge in [-0.05, 0) is 52.8 Å². The van der Waals surface area contributed by atoms with Gasteiger partial charge in [-0.3, -0.25) is 4.79 Å². The van der Waals surface area contributed by atoms with Crippen molar-refractivity contribution in [3.63, 3.8) is 0 Å². The number of benzene rings is 1. The van der Waals surface area contributed by atoms with Crippen LogP contribution < -0.4 is 0 Å². The summed E-state index contributed by atoms with van der Waals surface area (Å²) in [4.78, 5) is 11.4. The van der Waals surface area contributed by atoms with Crippen LogP contribution in [-0.2, 0) is 0 Å². The van der Waals surface area contributed by atoms with Crippen LogP contribution in [0.25, 0.3) is 0 Å². The summed E-state index contributed by atoms with van der Waals surface area (Å²) < 4.78 is 3.48. The van der Waals surface area contributed by atoms with Crippen molar-refractivity contribution in [2.75, 3.05) is 0 Å². The fraction of sp³-hybridized carbons (Fsp3) is 0.125. The highest BCUT2D eigenvalue weighted by Gasteiger charge is 2.11. The van der Waals surface area contributed by atoms with Crippen LogP contribution in [-0.4, -0.2) is 5.91 Å². The molecule has 0 radical (unpaired) electrons. The number of halogens is 3. The zero-order chi connectivity index (χ0) is 10.8. The lowest BCUT2D eigenvalue weighted by Crippen LogP contribution is -1.92. The molecule has 6 heteroatoms. The molecule has 0 aliphatic rings. The van der Waals surface area contributed by atoms with Gasteiger partial charge in [0.25, 0.3) is 5.91 Å². The Balaban J connectivity index is 2.97. The molecule has 0 saturated heterocycles. The summed E-state index contributed by atoms with van der Waals surface area (Å²) in [5.41, 5.74) is 1.49. The van der Waals surface area contributed by atoms with Crippen molar-refractivity contribution >= 4 is 44.7 Å². The number of amides is 1. The van der Waals surface area contributed by atoms with Crippen LogP contribution in [0.1, 0.15) is 15.9 Å². The molecule has 0 aliphatic heterocycles. The van der Waals surface area contributed by atoms with E-state index in [4.69, 9.17) is 33.7 Å². The van der Waals surface area contributed by atoms with Gasteiger partial charge in [-0.2, -0.15) is 4.74 Å². The maximum Gasteiger partial charge on any atom is 0.278 e. The van der Waals surface area contributed by atoms with Gasteiger partial charge in [0.1, 0.15) is 0 Å². The van der Waals surface area contributed by atoms with Gasteiger partial charge in [0.05, 0.1) is 0 Å². The van der Waals surface area contributed by atoms with Crippen molar-refractivity contribution in [2.45, 2.75) is 6.92 Å². The molecule has 0 fully saturated rings. The Labute approximate surface area is 96.6 Å². The normalized spacial score (nSPS) is 11.1. The summed E-state index contributed by atoms with van der Waals surface area (Å²) in [5, 5.41) is -2.96. The van der Waals surface area contributed by atoms with Gasteiger partial charge >= 0.3 is 0 Å². The first-order chi connectivity index (χ1) is 6.38. The van der Waals surface area contributed by atoms with Crippen LogP contribution in [0.2, 0.25) is 0 Å².